The normalized spacial score (nSPS) is 24.2. The minimum absolute atomic E-state index is 0.0905. The molecule has 6 N–H and O–H groups in total. The fourth-order valence-corrected chi connectivity index (χ4v) is 11.6. The summed E-state index contributed by atoms with van der Waals surface area (Å²) in [5.74, 6) is 1.66. The van der Waals surface area contributed by atoms with E-state index < -0.39 is 12.2 Å². The molecule has 6 aliphatic rings. The van der Waals surface area contributed by atoms with Crippen molar-refractivity contribution in [2.75, 3.05) is 26.3 Å². The fraction of sp³-hybridized carbons (Fsp3) is 0.552. The molecule has 8 atom stereocenters. The molecule has 4 aromatic carbocycles. The third kappa shape index (κ3) is 13.0. The van der Waals surface area contributed by atoms with Crippen LogP contribution >= 0.6 is 0 Å². The van der Waals surface area contributed by atoms with E-state index in [0.29, 0.717) is 38.1 Å². The first-order valence-electron chi connectivity index (χ1n) is 26.3. The average molecular weight is 957 g/mol. The fourth-order valence-electron chi connectivity index (χ4n) is 11.6. The van der Waals surface area contributed by atoms with Crippen LogP contribution < -0.4 is 30.7 Å². The van der Waals surface area contributed by atoms with Gasteiger partial charge in [0.05, 0.1) is 36.5 Å². The molecule has 4 fully saturated rings. The predicted octanol–water partition coefficient (Wildman–Crippen LogP) is 7.70. The molecule has 2 saturated heterocycles. The number of carbonyl (C=O) groups excluding carboxylic acids is 2. The van der Waals surface area contributed by atoms with Crippen LogP contribution in [0.25, 0.3) is 0 Å². The summed E-state index contributed by atoms with van der Waals surface area (Å²) in [6.45, 7) is 5.52. The van der Waals surface area contributed by atoms with Crippen LogP contribution in [0, 0.1) is 0 Å². The number of ether oxygens (including phenoxy) is 4. The zero-order valence-corrected chi connectivity index (χ0v) is 41.3. The molecule has 12 nitrogen and oxygen atoms in total. The van der Waals surface area contributed by atoms with Gasteiger partial charge in [0, 0.05) is 76.2 Å². The van der Waals surface area contributed by atoms with Gasteiger partial charge in [0.2, 0.25) is 11.8 Å². The molecule has 0 aromatic heterocycles. The molecular weight excluding hydrogens is 881 g/mol. The maximum Gasteiger partial charge on any atom is 0.217 e. The van der Waals surface area contributed by atoms with Crippen LogP contribution in [0.5, 0.6) is 11.5 Å². The van der Waals surface area contributed by atoms with Crippen LogP contribution in [0.4, 0.5) is 0 Å². The van der Waals surface area contributed by atoms with Gasteiger partial charge in [-0.05, 0) is 124 Å². The van der Waals surface area contributed by atoms with E-state index in [9.17, 15) is 19.8 Å². The number of carbonyl (C=O) groups is 2. The van der Waals surface area contributed by atoms with Crippen molar-refractivity contribution >= 4 is 11.8 Å². The molecule has 0 unspecified atom stereocenters. The summed E-state index contributed by atoms with van der Waals surface area (Å²) in [4.78, 5) is 23.7. The number of amides is 2. The Kier molecular flexibility index (Phi) is 16.6. The highest BCUT2D eigenvalue weighted by Gasteiger charge is 2.47. The molecule has 70 heavy (non-hydrogen) atoms. The third-order valence-corrected chi connectivity index (χ3v) is 15.7. The number of aliphatic hydroxyl groups is 2. The summed E-state index contributed by atoms with van der Waals surface area (Å²) in [5, 5.41) is 35.4. The Morgan fingerprint density at radius 2 is 0.986 bits per heavy atom. The van der Waals surface area contributed by atoms with Gasteiger partial charge in [0.25, 0.3) is 0 Å². The lowest BCUT2D eigenvalue weighted by Gasteiger charge is -2.48. The molecule has 4 heterocycles. The standard InChI is InChI=1S/2C29H38N2O4/c2*1-20(32)31-25(17-21-7-3-2-4-8-21)27(33)19-30-26-18-29(12-6-13-29)35-28-11-10-22(16-24(26)28)15-23-9-5-14-34-23/h2*2-4,7-8,10-11,16,23,25-27,30,33H,5-6,9,12-15,17-19H2,1H3,(H,31,32)/t23-,25+,26+,27-;23-,25-,26-,27+/m10/s1. The molecule has 4 aromatic rings. The summed E-state index contributed by atoms with van der Waals surface area (Å²) in [7, 11) is 0. The number of hydrogen-bond acceptors (Lipinski definition) is 10. The van der Waals surface area contributed by atoms with Crippen LogP contribution in [0.1, 0.15) is 136 Å². The minimum Gasteiger partial charge on any atom is -0.487 e. The number of fused-ring (bicyclic) bond motifs is 2. The summed E-state index contributed by atoms with van der Waals surface area (Å²) in [6, 6.07) is 32.6. The average Bonchev–Trinajstić information content (AvgIpc) is 4.06. The van der Waals surface area contributed by atoms with Crippen molar-refractivity contribution in [2.24, 2.45) is 0 Å². The first-order chi connectivity index (χ1) is 34.0. The maximum absolute atomic E-state index is 11.9. The van der Waals surface area contributed by atoms with Gasteiger partial charge in [-0.25, -0.2) is 0 Å². The lowest BCUT2D eigenvalue weighted by molar-refractivity contribution is -0.121. The second-order valence-electron chi connectivity index (χ2n) is 21.2. The highest BCUT2D eigenvalue weighted by Crippen LogP contribution is 2.50. The zero-order valence-electron chi connectivity index (χ0n) is 41.3. The highest BCUT2D eigenvalue weighted by molar-refractivity contribution is 5.73. The minimum atomic E-state index is -0.710. The quantitative estimate of drug-likeness (QED) is 0.0584. The Morgan fingerprint density at radius 3 is 1.33 bits per heavy atom. The monoisotopic (exact) mass is 957 g/mol. The van der Waals surface area contributed by atoms with E-state index in [-0.39, 0.29) is 47.2 Å². The van der Waals surface area contributed by atoms with Crippen molar-refractivity contribution < 1.29 is 38.7 Å². The first-order valence-corrected chi connectivity index (χ1v) is 26.3. The smallest absolute Gasteiger partial charge is 0.217 e. The maximum atomic E-state index is 11.9. The topological polar surface area (TPSA) is 160 Å². The summed E-state index contributed by atoms with van der Waals surface area (Å²) in [6.07, 6.45) is 15.2. The van der Waals surface area contributed by atoms with Gasteiger partial charge in [-0.15, -0.1) is 0 Å². The number of hydrogen-bond donors (Lipinski definition) is 6. The lowest BCUT2D eigenvalue weighted by atomic mass is 9.72. The molecule has 2 spiro atoms. The van der Waals surface area contributed by atoms with E-state index in [0.717, 1.165) is 113 Å². The van der Waals surface area contributed by atoms with E-state index in [1.54, 1.807) is 0 Å². The molecule has 2 amide bonds. The van der Waals surface area contributed by atoms with Crippen molar-refractivity contribution in [3.8, 4) is 11.5 Å². The van der Waals surface area contributed by atoms with Crippen LogP contribution in [0.2, 0.25) is 0 Å². The van der Waals surface area contributed by atoms with E-state index in [1.165, 1.54) is 48.9 Å². The van der Waals surface area contributed by atoms with Gasteiger partial charge < -0.3 is 50.4 Å². The van der Waals surface area contributed by atoms with Gasteiger partial charge in [0.15, 0.2) is 0 Å². The number of rotatable bonds is 18. The van der Waals surface area contributed by atoms with Crippen LogP contribution in [0.15, 0.2) is 97.1 Å². The molecule has 0 radical (unpaired) electrons. The molecular formula is C58H76N4O8. The van der Waals surface area contributed by atoms with Gasteiger partial charge >= 0.3 is 0 Å². The van der Waals surface area contributed by atoms with Crippen molar-refractivity contribution in [1.29, 1.82) is 0 Å². The zero-order chi connectivity index (χ0) is 48.5. The predicted molar refractivity (Wildman–Crippen MR) is 271 cm³/mol. The molecule has 12 heteroatoms. The van der Waals surface area contributed by atoms with Crippen molar-refractivity contribution in [3.63, 3.8) is 0 Å². The van der Waals surface area contributed by atoms with E-state index in [2.05, 4.69) is 57.7 Å². The summed E-state index contributed by atoms with van der Waals surface area (Å²) >= 11 is 0. The Hall–Kier alpha value is -4.82. The van der Waals surface area contributed by atoms with Gasteiger partial charge in [-0.3, -0.25) is 9.59 Å². The van der Waals surface area contributed by atoms with E-state index in [1.807, 2.05) is 60.7 Å². The first kappa shape index (κ1) is 50.1. The van der Waals surface area contributed by atoms with Crippen molar-refractivity contribution in [3.05, 3.63) is 130 Å². The number of aliphatic hydroxyl groups excluding tert-OH is 2. The van der Waals surface area contributed by atoms with Crippen molar-refractivity contribution in [1.82, 2.24) is 21.3 Å². The molecule has 2 aliphatic carbocycles. The second kappa shape index (κ2) is 23.2. The molecule has 376 valence electrons. The van der Waals surface area contributed by atoms with Gasteiger partial charge in [-0.1, -0.05) is 84.9 Å². The summed E-state index contributed by atoms with van der Waals surface area (Å²) in [5.41, 5.74) is 6.89. The van der Waals surface area contributed by atoms with Gasteiger partial charge in [-0.2, -0.15) is 0 Å². The van der Waals surface area contributed by atoms with E-state index >= 15 is 0 Å². The SMILES string of the molecule is CC(=O)N[C@@H](Cc1ccccc1)[C@H](O)CN[C@H]1CC2(CCC2)Oc2ccc(C[C@@H]3CCCO3)cc21.CC(=O)N[C@@H](Cc1ccccc1)[C@H](O)CN[C@H]1CC2(CCC2)Oc2ccc(C[C@H]3CCCO3)cc21. The van der Waals surface area contributed by atoms with E-state index in [4.69, 9.17) is 18.9 Å². The molecule has 2 saturated carbocycles. The Labute approximate surface area is 415 Å². The Bertz CT molecular complexity index is 2160. The van der Waals surface area contributed by atoms with Crippen molar-refractivity contribution in [2.45, 2.75) is 176 Å². The van der Waals surface area contributed by atoms with Crippen LogP contribution in [0.3, 0.4) is 0 Å². The number of nitrogens with one attached hydrogen (secondary N) is 4. The molecule has 10 rings (SSSR count). The molecule has 0 bridgehead atoms. The lowest BCUT2D eigenvalue weighted by Crippen LogP contribution is -2.52. The van der Waals surface area contributed by atoms with Gasteiger partial charge in [0.1, 0.15) is 22.7 Å². The molecule has 4 aliphatic heterocycles. The largest absolute Gasteiger partial charge is 0.487 e. The Balaban J connectivity index is 0.000000174. The van der Waals surface area contributed by atoms with Crippen LogP contribution in [-0.2, 0) is 44.7 Å². The Morgan fingerprint density at radius 1 is 0.571 bits per heavy atom. The highest BCUT2D eigenvalue weighted by atomic mass is 16.5. The second-order valence-corrected chi connectivity index (χ2v) is 21.2. The van der Waals surface area contributed by atoms with Crippen LogP contribution in [-0.4, -0.2) is 96.0 Å². The number of benzene rings is 4. The third-order valence-electron chi connectivity index (χ3n) is 15.7. The summed E-state index contributed by atoms with van der Waals surface area (Å²) < 4.78 is 24.7.